The molecule has 1 aromatic carbocycles. The van der Waals surface area contributed by atoms with Crippen LogP contribution in [0.25, 0.3) is 0 Å². The SMILES string of the molecule is Cc1nn(C)c(C)c1S(=O)(=O)N1CCCN(S(=O)(=O)c2cc(Cl)ccc2Cl)CC1. The molecule has 0 N–H and O–H groups in total. The van der Waals surface area contributed by atoms with Gasteiger partial charge in [0.15, 0.2) is 0 Å². The lowest BCUT2D eigenvalue weighted by Gasteiger charge is -2.22. The molecule has 12 heteroatoms. The minimum absolute atomic E-state index is 0.0166. The van der Waals surface area contributed by atoms with E-state index in [0.29, 0.717) is 17.8 Å². The number of hydrogen-bond donors (Lipinski definition) is 0. The molecule has 0 aliphatic carbocycles. The van der Waals surface area contributed by atoms with Crippen LogP contribution in [0.15, 0.2) is 28.0 Å². The fourth-order valence-corrected chi connectivity index (χ4v) is 7.50. The number of sulfonamides is 2. The topological polar surface area (TPSA) is 92.6 Å². The van der Waals surface area contributed by atoms with Crippen LogP contribution in [-0.2, 0) is 27.1 Å². The van der Waals surface area contributed by atoms with Crippen LogP contribution in [0.4, 0.5) is 0 Å². The van der Waals surface area contributed by atoms with E-state index in [1.807, 2.05) is 0 Å². The molecule has 3 rings (SSSR count). The van der Waals surface area contributed by atoms with E-state index < -0.39 is 20.0 Å². The Hall–Kier alpha value is -1.17. The first-order valence-electron chi connectivity index (χ1n) is 8.92. The minimum atomic E-state index is -3.91. The van der Waals surface area contributed by atoms with Gasteiger partial charge < -0.3 is 0 Å². The quantitative estimate of drug-likeness (QED) is 0.669. The molecule has 0 radical (unpaired) electrons. The maximum absolute atomic E-state index is 13.2. The summed E-state index contributed by atoms with van der Waals surface area (Å²) in [6.45, 7) is 3.79. The maximum atomic E-state index is 13.2. The lowest BCUT2D eigenvalue weighted by molar-refractivity contribution is 0.404. The standard InChI is InChI=1S/C17H22Cl2N4O4S2/c1-12-17(13(2)21(3)20-12)29(26,27)23-8-4-7-22(9-10-23)28(24,25)16-11-14(18)5-6-15(16)19/h5-6,11H,4,7-10H2,1-3H3. The Morgan fingerprint density at radius 2 is 1.52 bits per heavy atom. The van der Waals surface area contributed by atoms with Crippen LogP contribution in [0.5, 0.6) is 0 Å². The van der Waals surface area contributed by atoms with Crippen LogP contribution in [0.3, 0.4) is 0 Å². The predicted molar refractivity (Wildman–Crippen MR) is 111 cm³/mol. The Bertz CT molecular complexity index is 1150. The van der Waals surface area contributed by atoms with Gasteiger partial charge in [0.1, 0.15) is 9.79 Å². The van der Waals surface area contributed by atoms with Gasteiger partial charge in [0.25, 0.3) is 0 Å². The zero-order valence-electron chi connectivity index (χ0n) is 16.3. The molecule has 8 nitrogen and oxygen atoms in total. The van der Waals surface area contributed by atoms with Gasteiger partial charge >= 0.3 is 0 Å². The molecule has 0 spiro atoms. The van der Waals surface area contributed by atoms with E-state index in [9.17, 15) is 16.8 Å². The number of halogens is 2. The summed E-state index contributed by atoms with van der Waals surface area (Å²) in [7, 11) is -6.01. The lowest BCUT2D eigenvalue weighted by Crippen LogP contribution is -2.37. The Morgan fingerprint density at radius 1 is 0.931 bits per heavy atom. The third-order valence-electron chi connectivity index (χ3n) is 4.97. The highest BCUT2D eigenvalue weighted by atomic mass is 35.5. The molecule has 1 saturated heterocycles. The summed E-state index contributed by atoms with van der Waals surface area (Å²) in [5.41, 5.74) is 0.964. The molecule has 1 aliphatic rings. The van der Waals surface area contributed by atoms with E-state index in [4.69, 9.17) is 23.2 Å². The van der Waals surface area contributed by atoms with Crippen LogP contribution < -0.4 is 0 Å². The minimum Gasteiger partial charge on any atom is -0.271 e. The molecule has 0 unspecified atom stereocenters. The molecule has 29 heavy (non-hydrogen) atoms. The Balaban J connectivity index is 1.88. The molecule has 1 fully saturated rings. The second-order valence-corrected chi connectivity index (χ2v) is 11.5. The van der Waals surface area contributed by atoms with Gasteiger partial charge in [-0.1, -0.05) is 23.2 Å². The smallest absolute Gasteiger partial charge is 0.246 e. The number of nitrogens with zero attached hydrogens (tertiary/aromatic N) is 4. The number of hydrogen-bond acceptors (Lipinski definition) is 5. The monoisotopic (exact) mass is 480 g/mol. The number of benzene rings is 1. The van der Waals surface area contributed by atoms with Crippen LogP contribution in [0, 0.1) is 13.8 Å². The first-order valence-corrected chi connectivity index (χ1v) is 12.6. The van der Waals surface area contributed by atoms with Crippen molar-refractivity contribution in [1.82, 2.24) is 18.4 Å². The summed E-state index contributed by atoms with van der Waals surface area (Å²) in [6.07, 6.45) is 0.356. The van der Waals surface area contributed by atoms with Gasteiger partial charge in [-0.25, -0.2) is 16.8 Å². The average Bonchev–Trinajstić information content (AvgIpc) is 2.82. The van der Waals surface area contributed by atoms with Crippen molar-refractivity contribution in [2.45, 2.75) is 30.1 Å². The number of aromatic nitrogens is 2. The zero-order valence-corrected chi connectivity index (χ0v) is 19.4. The molecule has 2 aromatic rings. The first kappa shape index (κ1) is 22.5. The van der Waals surface area contributed by atoms with Crippen LogP contribution in [0.2, 0.25) is 10.0 Å². The van der Waals surface area contributed by atoms with Gasteiger partial charge in [-0.2, -0.15) is 13.7 Å². The second kappa shape index (κ2) is 8.16. The van der Waals surface area contributed by atoms with Gasteiger partial charge in [0.05, 0.1) is 16.4 Å². The molecule has 2 heterocycles. The average molecular weight is 481 g/mol. The van der Waals surface area contributed by atoms with E-state index in [-0.39, 0.29) is 46.0 Å². The van der Waals surface area contributed by atoms with Gasteiger partial charge in [-0.15, -0.1) is 0 Å². The van der Waals surface area contributed by atoms with Crippen LogP contribution >= 0.6 is 23.2 Å². The highest BCUT2D eigenvalue weighted by Crippen LogP contribution is 2.29. The number of rotatable bonds is 4. The fraction of sp³-hybridized carbons (Fsp3) is 0.471. The van der Waals surface area contributed by atoms with Crippen molar-refractivity contribution in [2.75, 3.05) is 26.2 Å². The van der Waals surface area contributed by atoms with Crippen LogP contribution in [-0.4, -0.2) is 61.4 Å². The first-order chi connectivity index (χ1) is 13.5. The van der Waals surface area contributed by atoms with E-state index in [0.717, 1.165) is 0 Å². The Morgan fingerprint density at radius 3 is 2.07 bits per heavy atom. The van der Waals surface area contributed by atoms with E-state index >= 15 is 0 Å². The van der Waals surface area contributed by atoms with E-state index in [1.165, 1.54) is 31.5 Å². The van der Waals surface area contributed by atoms with Crippen LogP contribution in [0.1, 0.15) is 17.8 Å². The van der Waals surface area contributed by atoms with Crippen molar-refractivity contribution in [2.24, 2.45) is 7.05 Å². The Labute approximate surface area is 181 Å². The molecule has 0 saturated carbocycles. The number of aryl methyl sites for hydroxylation is 2. The highest BCUT2D eigenvalue weighted by molar-refractivity contribution is 7.89. The van der Waals surface area contributed by atoms with Crippen molar-refractivity contribution < 1.29 is 16.8 Å². The molecule has 0 amide bonds. The van der Waals surface area contributed by atoms with Gasteiger partial charge in [0, 0.05) is 38.2 Å². The van der Waals surface area contributed by atoms with Crippen molar-refractivity contribution in [1.29, 1.82) is 0 Å². The third kappa shape index (κ3) is 4.19. The molecular formula is C17H22Cl2N4O4S2. The summed E-state index contributed by atoms with van der Waals surface area (Å²) in [5.74, 6) is 0. The van der Waals surface area contributed by atoms with Crippen molar-refractivity contribution in [3.05, 3.63) is 39.6 Å². The summed E-state index contributed by atoms with van der Waals surface area (Å²) in [6, 6.07) is 4.25. The summed E-state index contributed by atoms with van der Waals surface area (Å²) >= 11 is 12.0. The third-order valence-corrected chi connectivity index (χ3v) is 9.73. The maximum Gasteiger partial charge on any atom is 0.246 e. The Kier molecular flexibility index (Phi) is 6.34. The van der Waals surface area contributed by atoms with Gasteiger partial charge in [0.2, 0.25) is 20.0 Å². The normalized spacial score (nSPS) is 17.4. The molecule has 1 aliphatic heterocycles. The fourth-order valence-electron chi connectivity index (χ4n) is 3.42. The van der Waals surface area contributed by atoms with Crippen molar-refractivity contribution >= 4 is 43.2 Å². The van der Waals surface area contributed by atoms with Gasteiger partial charge in [-0.3, -0.25) is 4.68 Å². The van der Waals surface area contributed by atoms with Crippen molar-refractivity contribution in [3.8, 4) is 0 Å². The molecule has 1 aromatic heterocycles. The summed E-state index contributed by atoms with van der Waals surface area (Å²) in [4.78, 5) is 0.0936. The largest absolute Gasteiger partial charge is 0.271 e. The second-order valence-electron chi connectivity index (χ2n) is 6.86. The van der Waals surface area contributed by atoms with Gasteiger partial charge in [-0.05, 0) is 38.5 Å². The molecule has 0 bridgehead atoms. The molecular weight excluding hydrogens is 459 g/mol. The zero-order chi connectivity index (χ0) is 21.6. The van der Waals surface area contributed by atoms with Crippen molar-refractivity contribution in [3.63, 3.8) is 0 Å². The van der Waals surface area contributed by atoms with E-state index in [1.54, 1.807) is 20.9 Å². The van der Waals surface area contributed by atoms with E-state index in [2.05, 4.69) is 5.10 Å². The highest BCUT2D eigenvalue weighted by Gasteiger charge is 2.35. The molecule has 0 atom stereocenters. The predicted octanol–water partition coefficient (Wildman–Crippen LogP) is 2.43. The summed E-state index contributed by atoms with van der Waals surface area (Å²) in [5, 5.41) is 4.52. The summed E-state index contributed by atoms with van der Waals surface area (Å²) < 4.78 is 56.6. The molecule has 160 valence electrons. The lowest BCUT2D eigenvalue weighted by atomic mass is 10.4.